The molecule has 0 radical (unpaired) electrons. The highest BCUT2D eigenvalue weighted by atomic mass is 15.4. The van der Waals surface area contributed by atoms with Crippen LogP contribution in [-0.2, 0) is 0 Å². The molecule has 2 heterocycles. The number of benzene rings is 1. The second kappa shape index (κ2) is 5.99. The summed E-state index contributed by atoms with van der Waals surface area (Å²) in [5.41, 5.74) is 1.25. The molecule has 0 amide bonds. The van der Waals surface area contributed by atoms with Crippen LogP contribution in [-0.4, -0.2) is 48.9 Å². The average molecular weight is 256 g/mol. The van der Waals surface area contributed by atoms with Gasteiger partial charge in [-0.3, -0.25) is 9.89 Å². The Morgan fingerprint density at radius 1 is 1.16 bits per heavy atom. The van der Waals surface area contributed by atoms with Gasteiger partial charge in [0.15, 0.2) is 0 Å². The number of nitrogens with one attached hydrogen (secondary N) is 1. The number of nitrogens with zero attached hydrogens (tertiary/aromatic N) is 3. The summed E-state index contributed by atoms with van der Waals surface area (Å²) < 4.78 is 0. The zero-order valence-electron chi connectivity index (χ0n) is 11.1. The topological polar surface area (TPSA) is 30.9 Å². The van der Waals surface area contributed by atoms with Gasteiger partial charge < -0.3 is 10.2 Å². The average Bonchev–Trinajstić information content (AvgIpc) is 2.50. The standard InChI is InChI=1S/C15H20N4/c1-2-5-14(6-3-1)15-17-7-4-10-19(15)13-18-11-8-16-9-12-18/h1-7,10,15-16H,8-9,11-13H2. The minimum absolute atomic E-state index is 0.112. The van der Waals surface area contributed by atoms with Crippen LogP contribution in [0.25, 0.3) is 0 Å². The van der Waals surface area contributed by atoms with Crippen molar-refractivity contribution in [1.29, 1.82) is 0 Å². The van der Waals surface area contributed by atoms with Gasteiger partial charge in [0.1, 0.15) is 6.17 Å². The number of piperazine rings is 1. The van der Waals surface area contributed by atoms with Gasteiger partial charge in [-0.05, 0) is 11.6 Å². The maximum Gasteiger partial charge on any atom is 0.147 e. The van der Waals surface area contributed by atoms with Crippen LogP contribution in [0.1, 0.15) is 11.7 Å². The zero-order valence-corrected chi connectivity index (χ0v) is 11.1. The Morgan fingerprint density at radius 3 is 2.74 bits per heavy atom. The van der Waals surface area contributed by atoms with E-state index >= 15 is 0 Å². The molecule has 19 heavy (non-hydrogen) atoms. The van der Waals surface area contributed by atoms with E-state index in [2.05, 4.69) is 50.6 Å². The first-order valence-corrected chi connectivity index (χ1v) is 6.87. The molecule has 1 saturated heterocycles. The number of allylic oxidation sites excluding steroid dienone is 1. The first-order valence-electron chi connectivity index (χ1n) is 6.87. The van der Waals surface area contributed by atoms with Crippen molar-refractivity contribution in [3.05, 3.63) is 48.2 Å². The van der Waals surface area contributed by atoms with Gasteiger partial charge in [0.2, 0.25) is 0 Å². The van der Waals surface area contributed by atoms with Gasteiger partial charge in [-0.2, -0.15) is 0 Å². The van der Waals surface area contributed by atoms with E-state index in [9.17, 15) is 0 Å². The highest BCUT2D eigenvalue weighted by Crippen LogP contribution is 2.24. The molecule has 1 aromatic carbocycles. The van der Waals surface area contributed by atoms with Gasteiger partial charge in [-0.25, -0.2) is 0 Å². The molecular formula is C15H20N4. The SMILES string of the molecule is C1=CN(CN2CCNCC2)C(c2ccccc2)N=C1. The summed E-state index contributed by atoms with van der Waals surface area (Å²) in [7, 11) is 0. The first-order chi connectivity index (χ1) is 9.43. The smallest absolute Gasteiger partial charge is 0.147 e. The maximum atomic E-state index is 4.62. The van der Waals surface area contributed by atoms with Crippen LogP contribution in [0.2, 0.25) is 0 Å². The largest absolute Gasteiger partial charge is 0.339 e. The molecule has 2 aliphatic heterocycles. The van der Waals surface area contributed by atoms with Gasteiger partial charge >= 0.3 is 0 Å². The van der Waals surface area contributed by atoms with E-state index in [-0.39, 0.29) is 6.17 Å². The monoisotopic (exact) mass is 256 g/mol. The molecule has 3 rings (SSSR count). The lowest BCUT2D eigenvalue weighted by molar-refractivity contribution is 0.125. The van der Waals surface area contributed by atoms with Crippen molar-refractivity contribution >= 4 is 6.21 Å². The minimum atomic E-state index is 0.112. The Labute approximate surface area is 114 Å². The molecule has 0 bridgehead atoms. The fourth-order valence-corrected chi connectivity index (χ4v) is 2.56. The zero-order chi connectivity index (χ0) is 12.9. The Kier molecular flexibility index (Phi) is 3.91. The van der Waals surface area contributed by atoms with Gasteiger partial charge in [-0.15, -0.1) is 0 Å². The van der Waals surface area contributed by atoms with Crippen LogP contribution in [0.5, 0.6) is 0 Å². The predicted molar refractivity (Wildman–Crippen MR) is 78.0 cm³/mol. The Morgan fingerprint density at radius 2 is 1.95 bits per heavy atom. The fraction of sp³-hybridized carbons (Fsp3) is 0.400. The quantitative estimate of drug-likeness (QED) is 0.888. The summed E-state index contributed by atoms with van der Waals surface area (Å²) in [5, 5.41) is 3.39. The molecule has 2 aliphatic rings. The number of aliphatic imine (C=N–C) groups is 1. The van der Waals surface area contributed by atoms with Gasteiger partial charge in [0.05, 0.1) is 6.67 Å². The molecule has 0 aliphatic carbocycles. The normalized spacial score (nSPS) is 23.8. The highest BCUT2D eigenvalue weighted by Gasteiger charge is 2.20. The molecule has 100 valence electrons. The summed E-state index contributed by atoms with van der Waals surface area (Å²) >= 11 is 0. The lowest BCUT2D eigenvalue weighted by Crippen LogP contribution is -2.47. The third-order valence-electron chi connectivity index (χ3n) is 3.58. The van der Waals surface area contributed by atoms with E-state index < -0.39 is 0 Å². The van der Waals surface area contributed by atoms with E-state index in [0.717, 1.165) is 32.8 Å². The van der Waals surface area contributed by atoms with Crippen molar-refractivity contribution in [2.45, 2.75) is 6.17 Å². The predicted octanol–water partition coefficient (Wildman–Crippen LogP) is 1.45. The van der Waals surface area contributed by atoms with Crippen LogP contribution in [0, 0.1) is 0 Å². The number of hydrogen-bond acceptors (Lipinski definition) is 4. The molecule has 1 N–H and O–H groups in total. The highest BCUT2D eigenvalue weighted by molar-refractivity contribution is 5.72. The third-order valence-corrected chi connectivity index (χ3v) is 3.58. The summed E-state index contributed by atoms with van der Waals surface area (Å²) in [6.07, 6.45) is 6.17. The van der Waals surface area contributed by atoms with Crippen LogP contribution in [0.4, 0.5) is 0 Å². The second-order valence-electron chi connectivity index (χ2n) is 4.95. The van der Waals surface area contributed by atoms with E-state index in [4.69, 9.17) is 0 Å². The Bertz CT molecular complexity index is 448. The lowest BCUT2D eigenvalue weighted by Gasteiger charge is -2.36. The van der Waals surface area contributed by atoms with Crippen LogP contribution >= 0.6 is 0 Å². The summed E-state index contributed by atoms with van der Waals surface area (Å²) in [6, 6.07) is 10.5. The summed E-state index contributed by atoms with van der Waals surface area (Å²) in [5.74, 6) is 0. The van der Waals surface area contributed by atoms with Crippen molar-refractivity contribution in [3.63, 3.8) is 0 Å². The molecule has 0 aromatic heterocycles. The van der Waals surface area contributed by atoms with Crippen LogP contribution < -0.4 is 5.32 Å². The molecule has 0 spiro atoms. The van der Waals surface area contributed by atoms with Crippen molar-refractivity contribution < 1.29 is 0 Å². The Hall–Kier alpha value is -1.65. The van der Waals surface area contributed by atoms with Gasteiger partial charge in [0, 0.05) is 38.6 Å². The molecule has 1 aromatic rings. The molecule has 4 nitrogen and oxygen atoms in total. The van der Waals surface area contributed by atoms with Crippen molar-refractivity contribution in [3.8, 4) is 0 Å². The van der Waals surface area contributed by atoms with Crippen LogP contribution in [0.15, 0.2) is 47.6 Å². The lowest BCUT2D eigenvalue weighted by atomic mass is 10.1. The van der Waals surface area contributed by atoms with Crippen molar-refractivity contribution in [1.82, 2.24) is 15.1 Å². The minimum Gasteiger partial charge on any atom is -0.339 e. The van der Waals surface area contributed by atoms with E-state index in [1.165, 1.54) is 5.56 Å². The van der Waals surface area contributed by atoms with Gasteiger partial charge in [-0.1, -0.05) is 30.3 Å². The molecule has 1 atom stereocenters. The van der Waals surface area contributed by atoms with E-state index in [1.54, 1.807) is 0 Å². The molecule has 4 heteroatoms. The fourth-order valence-electron chi connectivity index (χ4n) is 2.56. The van der Waals surface area contributed by atoms with E-state index in [0.29, 0.717) is 0 Å². The summed E-state index contributed by atoms with van der Waals surface area (Å²) in [4.78, 5) is 9.39. The van der Waals surface area contributed by atoms with Crippen molar-refractivity contribution in [2.75, 3.05) is 32.8 Å². The van der Waals surface area contributed by atoms with E-state index in [1.807, 2.05) is 18.4 Å². The molecule has 0 saturated carbocycles. The molecule has 1 fully saturated rings. The Balaban J connectivity index is 1.71. The third kappa shape index (κ3) is 3.03. The summed E-state index contributed by atoms with van der Waals surface area (Å²) in [6.45, 7) is 5.31. The van der Waals surface area contributed by atoms with Crippen molar-refractivity contribution in [2.24, 2.45) is 4.99 Å². The van der Waals surface area contributed by atoms with Gasteiger partial charge in [0.25, 0.3) is 0 Å². The first kappa shape index (κ1) is 12.4. The second-order valence-corrected chi connectivity index (χ2v) is 4.95. The number of rotatable bonds is 3. The van der Waals surface area contributed by atoms with Crippen LogP contribution in [0.3, 0.4) is 0 Å². The molecule has 1 unspecified atom stereocenters. The molecular weight excluding hydrogens is 236 g/mol. The number of hydrogen-bond donors (Lipinski definition) is 1. The maximum absolute atomic E-state index is 4.62.